The smallest absolute Gasteiger partial charge is 0.337 e. The Kier molecular flexibility index (Phi) is 4.25. The first-order chi connectivity index (χ1) is 8.88. The quantitative estimate of drug-likeness (QED) is 0.572. The minimum Gasteiger partial charge on any atom is -0.478 e. The first-order valence-electron chi connectivity index (χ1n) is 5.11. The number of hydrogen-bond acceptors (Lipinski definition) is 4. The van der Waals surface area contributed by atoms with Crippen LogP contribution in [0.3, 0.4) is 0 Å². The Morgan fingerprint density at radius 2 is 1.53 bits per heavy atom. The zero-order valence-electron chi connectivity index (χ0n) is 9.71. The third kappa shape index (κ3) is 3.09. The van der Waals surface area contributed by atoms with Gasteiger partial charge in [0, 0.05) is 12.2 Å². The molecule has 0 spiro atoms. The van der Waals surface area contributed by atoms with E-state index >= 15 is 0 Å². The SMILES string of the molecule is C=CCNc1cc(C(=O)O)c(C(=O)O)c(C(=O)O)c1. The second-order valence-corrected chi connectivity index (χ2v) is 3.53. The highest BCUT2D eigenvalue weighted by Crippen LogP contribution is 2.22. The fraction of sp³-hybridized carbons (Fsp3) is 0.0833. The molecule has 0 radical (unpaired) electrons. The molecule has 0 saturated heterocycles. The summed E-state index contributed by atoms with van der Waals surface area (Å²) < 4.78 is 0. The van der Waals surface area contributed by atoms with Crippen LogP contribution in [-0.4, -0.2) is 39.8 Å². The molecule has 1 aromatic rings. The number of carbonyl (C=O) groups is 3. The lowest BCUT2D eigenvalue weighted by atomic mass is 9.99. The Balaban J connectivity index is 3.52. The minimum absolute atomic E-state index is 0.194. The summed E-state index contributed by atoms with van der Waals surface area (Å²) in [5, 5.41) is 29.6. The van der Waals surface area contributed by atoms with Crippen LogP contribution < -0.4 is 5.32 Å². The van der Waals surface area contributed by atoms with Gasteiger partial charge in [-0.2, -0.15) is 0 Å². The lowest BCUT2D eigenvalue weighted by Crippen LogP contribution is -2.16. The molecule has 4 N–H and O–H groups in total. The number of benzene rings is 1. The van der Waals surface area contributed by atoms with Crippen molar-refractivity contribution < 1.29 is 29.7 Å². The van der Waals surface area contributed by atoms with Crippen LogP contribution in [0.5, 0.6) is 0 Å². The molecule has 7 nitrogen and oxygen atoms in total. The number of rotatable bonds is 6. The molecule has 0 atom stereocenters. The Morgan fingerprint density at radius 3 is 1.84 bits per heavy atom. The van der Waals surface area contributed by atoms with Gasteiger partial charge in [-0.25, -0.2) is 14.4 Å². The Labute approximate surface area is 107 Å². The van der Waals surface area contributed by atoms with Crippen molar-refractivity contribution in [2.24, 2.45) is 0 Å². The van der Waals surface area contributed by atoms with E-state index in [-0.39, 0.29) is 12.2 Å². The highest BCUT2D eigenvalue weighted by atomic mass is 16.4. The van der Waals surface area contributed by atoms with Crippen molar-refractivity contribution in [2.45, 2.75) is 0 Å². The van der Waals surface area contributed by atoms with E-state index in [4.69, 9.17) is 15.3 Å². The monoisotopic (exact) mass is 265 g/mol. The van der Waals surface area contributed by atoms with E-state index in [2.05, 4.69) is 11.9 Å². The summed E-state index contributed by atoms with van der Waals surface area (Å²) >= 11 is 0. The molecule has 0 saturated carbocycles. The van der Waals surface area contributed by atoms with E-state index in [0.717, 1.165) is 12.1 Å². The van der Waals surface area contributed by atoms with E-state index in [1.165, 1.54) is 6.08 Å². The number of carboxylic acid groups (broad SMARTS) is 3. The van der Waals surface area contributed by atoms with E-state index in [0.29, 0.717) is 0 Å². The molecular formula is C12H11NO6. The van der Waals surface area contributed by atoms with Crippen LogP contribution in [0.15, 0.2) is 24.8 Å². The molecule has 0 aliphatic rings. The Morgan fingerprint density at radius 1 is 1.05 bits per heavy atom. The van der Waals surface area contributed by atoms with E-state index < -0.39 is 34.6 Å². The minimum atomic E-state index is -1.61. The van der Waals surface area contributed by atoms with Gasteiger partial charge in [0.05, 0.1) is 16.7 Å². The van der Waals surface area contributed by atoms with Crippen LogP contribution in [0.1, 0.15) is 31.1 Å². The van der Waals surface area contributed by atoms with Crippen molar-refractivity contribution >= 4 is 23.6 Å². The standard InChI is InChI=1S/C12H11NO6/c1-2-3-13-6-4-7(10(14)15)9(12(18)19)8(5-6)11(16)17/h2,4-5,13H,1,3H2,(H,14,15)(H,16,17)(H,18,19). The van der Waals surface area contributed by atoms with Crippen molar-refractivity contribution in [3.8, 4) is 0 Å². The van der Waals surface area contributed by atoms with Gasteiger partial charge in [-0.15, -0.1) is 6.58 Å². The maximum atomic E-state index is 11.0. The van der Waals surface area contributed by atoms with Gasteiger partial charge in [0.2, 0.25) is 0 Å². The fourth-order valence-corrected chi connectivity index (χ4v) is 1.50. The first kappa shape index (κ1) is 14.2. The van der Waals surface area contributed by atoms with Crippen LogP contribution in [0, 0.1) is 0 Å². The highest BCUT2D eigenvalue weighted by Gasteiger charge is 2.25. The predicted octanol–water partition coefficient (Wildman–Crippen LogP) is 1.38. The normalized spacial score (nSPS) is 9.68. The number of anilines is 1. The topological polar surface area (TPSA) is 124 Å². The van der Waals surface area contributed by atoms with Gasteiger partial charge < -0.3 is 20.6 Å². The molecule has 7 heteroatoms. The van der Waals surface area contributed by atoms with Crippen molar-refractivity contribution in [3.63, 3.8) is 0 Å². The second-order valence-electron chi connectivity index (χ2n) is 3.53. The lowest BCUT2D eigenvalue weighted by molar-refractivity contribution is 0.0633. The van der Waals surface area contributed by atoms with Gasteiger partial charge >= 0.3 is 17.9 Å². The summed E-state index contributed by atoms with van der Waals surface area (Å²) in [4.78, 5) is 33.1. The average molecular weight is 265 g/mol. The third-order valence-corrected chi connectivity index (χ3v) is 2.26. The molecule has 0 bridgehead atoms. The number of nitrogens with one attached hydrogen (secondary N) is 1. The molecule has 0 aromatic heterocycles. The third-order valence-electron chi connectivity index (χ3n) is 2.26. The summed E-state index contributed by atoms with van der Waals surface area (Å²) in [7, 11) is 0. The molecular weight excluding hydrogens is 254 g/mol. The maximum absolute atomic E-state index is 11.0. The molecule has 19 heavy (non-hydrogen) atoms. The zero-order chi connectivity index (χ0) is 14.6. The molecule has 100 valence electrons. The van der Waals surface area contributed by atoms with Gasteiger partial charge in [-0.3, -0.25) is 0 Å². The van der Waals surface area contributed by atoms with E-state index in [1.54, 1.807) is 0 Å². The molecule has 0 unspecified atom stereocenters. The maximum Gasteiger partial charge on any atom is 0.337 e. The van der Waals surface area contributed by atoms with Crippen molar-refractivity contribution in [1.82, 2.24) is 0 Å². The summed E-state index contributed by atoms with van der Waals surface area (Å²) in [6.07, 6.45) is 1.49. The first-order valence-corrected chi connectivity index (χ1v) is 5.11. The van der Waals surface area contributed by atoms with Crippen molar-refractivity contribution in [1.29, 1.82) is 0 Å². The Bertz CT molecular complexity index is 528. The lowest BCUT2D eigenvalue weighted by Gasteiger charge is -2.10. The molecule has 0 aliphatic carbocycles. The van der Waals surface area contributed by atoms with Gasteiger partial charge in [-0.1, -0.05) is 6.08 Å². The number of aromatic carboxylic acids is 3. The van der Waals surface area contributed by atoms with E-state index in [1.807, 2.05) is 0 Å². The fourth-order valence-electron chi connectivity index (χ4n) is 1.50. The summed E-state index contributed by atoms with van der Waals surface area (Å²) in [6.45, 7) is 3.73. The van der Waals surface area contributed by atoms with Gasteiger partial charge in [-0.05, 0) is 12.1 Å². The van der Waals surface area contributed by atoms with E-state index in [9.17, 15) is 14.4 Å². The van der Waals surface area contributed by atoms with Crippen LogP contribution in [-0.2, 0) is 0 Å². The van der Waals surface area contributed by atoms with Crippen LogP contribution >= 0.6 is 0 Å². The molecule has 0 fully saturated rings. The van der Waals surface area contributed by atoms with Gasteiger partial charge in [0.25, 0.3) is 0 Å². The van der Waals surface area contributed by atoms with Crippen molar-refractivity contribution in [3.05, 3.63) is 41.5 Å². The van der Waals surface area contributed by atoms with Crippen LogP contribution in [0.2, 0.25) is 0 Å². The highest BCUT2D eigenvalue weighted by molar-refractivity contribution is 6.10. The largest absolute Gasteiger partial charge is 0.478 e. The van der Waals surface area contributed by atoms with Crippen LogP contribution in [0.4, 0.5) is 5.69 Å². The second kappa shape index (κ2) is 5.67. The average Bonchev–Trinajstić information content (AvgIpc) is 2.34. The summed E-state index contributed by atoms with van der Waals surface area (Å²) in [5.74, 6) is -4.63. The van der Waals surface area contributed by atoms with Gasteiger partial charge in [0.15, 0.2) is 0 Å². The molecule has 0 amide bonds. The predicted molar refractivity (Wildman–Crippen MR) is 66.0 cm³/mol. The van der Waals surface area contributed by atoms with Gasteiger partial charge in [0.1, 0.15) is 0 Å². The summed E-state index contributed by atoms with van der Waals surface area (Å²) in [5.41, 5.74) is -1.72. The summed E-state index contributed by atoms with van der Waals surface area (Å²) in [6, 6.07) is 2.14. The zero-order valence-corrected chi connectivity index (χ0v) is 9.71. The molecule has 1 aromatic carbocycles. The van der Waals surface area contributed by atoms with Crippen molar-refractivity contribution in [2.75, 3.05) is 11.9 Å². The van der Waals surface area contributed by atoms with Crippen LogP contribution in [0.25, 0.3) is 0 Å². The molecule has 1 rings (SSSR count). The number of carboxylic acids is 3. The number of hydrogen-bond donors (Lipinski definition) is 4. The Hall–Kier alpha value is -2.83. The molecule has 0 heterocycles. The molecule has 0 aliphatic heterocycles.